The number of hydrogen-bond acceptors (Lipinski definition) is 4. The van der Waals surface area contributed by atoms with Gasteiger partial charge in [0.25, 0.3) is 5.91 Å². The fraction of sp³-hybridized carbons (Fsp3) is 0.450. The summed E-state index contributed by atoms with van der Waals surface area (Å²) < 4.78 is 1.95. The molecule has 2 saturated heterocycles. The third kappa shape index (κ3) is 3.60. The molecule has 2 aliphatic rings. The molecule has 2 fully saturated rings. The summed E-state index contributed by atoms with van der Waals surface area (Å²) in [4.78, 5) is 29.1. The minimum Gasteiger partial charge on any atom is -0.353 e. The van der Waals surface area contributed by atoms with Crippen molar-refractivity contribution in [2.45, 2.75) is 26.4 Å². The molecule has 0 saturated carbocycles. The number of carbonyl (C=O) groups is 2. The summed E-state index contributed by atoms with van der Waals surface area (Å²) in [6.45, 7) is 8.05. The van der Waals surface area contributed by atoms with E-state index >= 15 is 0 Å². The normalized spacial score (nSPS) is 20.3. The van der Waals surface area contributed by atoms with E-state index < -0.39 is 0 Å². The molecule has 3 heterocycles. The quantitative estimate of drug-likeness (QED) is 0.871. The van der Waals surface area contributed by atoms with E-state index in [0.29, 0.717) is 31.7 Å². The highest BCUT2D eigenvalue weighted by molar-refractivity contribution is 5.95. The summed E-state index contributed by atoms with van der Waals surface area (Å²) in [6.07, 6.45) is 0. The van der Waals surface area contributed by atoms with E-state index in [2.05, 4.69) is 15.3 Å². The topological polar surface area (TPSA) is 70.5 Å². The lowest BCUT2D eigenvalue weighted by Crippen LogP contribution is -2.64. The van der Waals surface area contributed by atoms with Crippen LogP contribution in [0.4, 0.5) is 0 Å². The van der Waals surface area contributed by atoms with Gasteiger partial charge in [-0.1, -0.05) is 12.1 Å². The van der Waals surface area contributed by atoms with Crippen molar-refractivity contribution in [3.05, 3.63) is 52.8 Å². The Morgan fingerprint density at radius 1 is 1.22 bits per heavy atom. The van der Waals surface area contributed by atoms with Crippen LogP contribution in [0.3, 0.4) is 0 Å². The molecule has 1 aromatic heterocycles. The number of benzene rings is 1. The van der Waals surface area contributed by atoms with Crippen molar-refractivity contribution >= 4 is 11.8 Å². The Morgan fingerprint density at radius 3 is 2.85 bits per heavy atom. The molecule has 2 aliphatic heterocycles. The van der Waals surface area contributed by atoms with Gasteiger partial charge in [-0.05, 0) is 37.6 Å². The fourth-order valence-electron chi connectivity index (χ4n) is 3.96. The zero-order chi connectivity index (χ0) is 19.0. The summed E-state index contributed by atoms with van der Waals surface area (Å²) in [6, 6.07) is 9.53. The molecular formula is C20H25N5O2. The molecule has 7 heteroatoms. The maximum atomic E-state index is 13.0. The first-order valence-corrected chi connectivity index (χ1v) is 9.42. The van der Waals surface area contributed by atoms with Crippen molar-refractivity contribution in [1.29, 1.82) is 0 Å². The van der Waals surface area contributed by atoms with Gasteiger partial charge in [-0.2, -0.15) is 5.10 Å². The van der Waals surface area contributed by atoms with E-state index in [-0.39, 0.29) is 17.9 Å². The van der Waals surface area contributed by atoms with Crippen LogP contribution in [-0.2, 0) is 11.3 Å². The number of rotatable bonds is 3. The number of nitrogens with one attached hydrogen (secondary N) is 1. The Kier molecular flexibility index (Phi) is 4.70. The van der Waals surface area contributed by atoms with Crippen molar-refractivity contribution in [3.8, 4) is 0 Å². The number of aryl methyl sites for hydroxylation is 2. The van der Waals surface area contributed by atoms with E-state index in [1.54, 1.807) is 4.90 Å². The van der Waals surface area contributed by atoms with Crippen LogP contribution in [0.25, 0.3) is 0 Å². The lowest BCUT2D eigenvalue weighted by molar-refractivity contribution is -0.131. The molecule has 27 heavy (non-hydrogen) atoms. The lowest BCUT2D eigenvalue weighted by atomic mass is 10.1. The molecule has 1 atom stereocenters. The molecule has 1 aromatic carbocycles. The van der Waals surface area contributed by atoms with Gasteiger partial charge >= 0.3 is 0 Å². The smallest absolute Gasteiger partial charge is 0.253 e. The van der Waals surface area contributed by atoms with Gasteiger partial charge < -0.3 is 10.2 Å². The van der Waals surface area contributed by atoms with Gasteiger partial charge in [0.2, 0.25) is 5.91 Å². The lowest BCUT2D eigenvalue weighted by Gasteiger charge is -2.43. The Hall–Kier alpha value is -2.67. The highest BCUT2D eigenvalue weighted by Gasteiger charge is 2.36. The number of hydrogen-bond donors (Lipinski definition) is 1. The second-order valence-corrected chi connectivity index (χ2v) is 7.38. The number of fused-ring (bicyclic) bond motifs is 1. The Balaban J connectivity index is 1.49. The number of amides is 2. The van der Waals surface area contributed by atoms with Crippen molar-refractivity contribution in [2.24, 2.45) is 0 Å². The average molecular weight is 367 g/mol. The maximum absolute atomic E-state index is 13.0. The number of carbonyl (C=O) groups excluding carboxylic acids is 2. The van der Waals surface area contributed by atoms with Gasteiger partial charge in [-0.25, -0.2) is 0 Å². The number of aromatic nitrogens is 2. The summed E-state index contributed by atoms with van der Waals surface area (Å²) >= 11 is 0. The summed E-state index contributed by atoms with van der Waals surface area (Å²) in [5.41, 5.74) is 3.80. The molecule has 0 radical (unpaired) electrons. The van der Waals surface area contributed by atoms with Gasteiger partial charge in [0.05, 0.1) is 12.2 Å². The van der Waals surface area contributed by atoms with Crippen LogP contribution in [0, 0.1) is 13.8 Å². The minimum absolute atomic E-state index is 0.0109. The Labute approximate surface area is 158 Å². The summed E-state index contributed by atoms with van der Waals surface area (Å²) in [5, 5.41) is 7.39. The first-order chi connectivity index (χ1) is 13.0. The molecular weight excluding hydrogens is 342 g/mol. The third-order valence-electron chi connectivity index (χ3n) is 5.39. The maximum Gasteiger partial charge on any atom is 0.253 e. The molecule has 0 bridgehead atoms. The monoisotopic (exact) mass is 367 g/mol. The highest BCUT2D eigenvalue weighted by atomic mass is 16.2. The van der Waals surface area contributed by atoms with Crippen LogP contribution in [-0.4, -0.2) is 70.2 Å². The standard InChI is InChI=1S/C20H25N5O2/c1-14-10-15(2)25(22-14)12-16-4-3-5-17(11-16)20(27)24-9-8-23-7-6-21-19(26)18(23)13-24/h3-5,10-11,18H,6-9,12-13H2,1-2H3,(H,21,26). The van der Waals surface area contributed by atoms with Crippen LogP contribution in [0.15, 0.2) is 30.3 Å². The van der Waals surface area contributed by atoms with E-state index in [1.165, 1.54) is 0 Å². The highest BCUT2D eigenvalue weighted by Crippen LogP contribution is 2.17. The van der Waals surface area contributed by atoms with Gasteiger partial charge in [-0.15, -0.1) is 0 Å². The number of piperazine rings is 2. The van der Waals surface area contributed by atoms with E-state index in [1.807, 2.05) is 48.9 Å². The second-order valence-electron chi connectivity index (χ2n) is 7.38. The van der Waals surface area contributed by atoms with Crippen LogP contribution in [0.5, 0.6) is 0 Å². The summed E-state index contributed by atoms with van der Waals surface area (Å²) in [5.74, 6) is 0.0141. The number of nitrogens with zero attached hydrogens (tertiary/aromatic N) is 4. The van der Waals surface area contributed by atoms with Crippen LogP contribution in [0.1, 0.15) is 27.3 Å². The molecule has 2 amide bonds. The fourth-order valence-corrected chi connectivity index (χ4v) is 3.96. The van der Waals surface area contributed by atoms with Gasteiger partial charge in [0.1, 0.15) is 6.04 Å². The molecule has 1 unspecified atom stereocenters. The Morgan fingerprint density at radius 2 is 2.07 bits per heavy atom. The van der Waals surface area contributed by atoms with E-state index in [0.717, 1.165) is 30.0 Å². The third-order valence-corrected chi connectivity index (χ3v) is 5.39. The molecule has 0 spiro atoms. The predicted octanol–water partition coefficient (Wildman–Crippen LogP) is 0.804. The van der Waals surface area contributed by atoms with Gasteiger partial charge in [0.15, 0.2) is 0 Å². The molecule has 142 valence electrons. The van der Waals surface area contributed by atoms with Gasteiger partial charge in [-0.3, -0.25) is 19.2 Å². The average Bonchev–Trinajstić information content (AvgIpc) is 2.98. The molecule has 4 rings (SSSR count). The predicted molar refractivity (Wildman–Crippen MR) is 102 cm³/mol. The van der Waals surface area contributed by atoms with E-state index in [4.69, 9.17) is 0 Å². The minimum atomic E-state index is -0.227. The summed E-state index contributed by atoms with van der Waals surface area (Å²) in [7, 11) is 0. The SMILES string of the molecule is Cc1cc(C)n(Cc2cccc(C(=O)N3CCN4CCNC(=O)C4C3)c2)n1. The molecule has 0 aliphatic carbocycles. The van der Waals surface area contributed by atoms with Crippen molar-refractivity contribution in [1.82, 2.24) is 24.9 Å². The second kappa shape index (κ2) is 7.15. The van der Waals surface area contributed by atoms with Gasteiger partial charge in [0, 0.05) is 44.0 Å². The molecule has 7 nitrogen and oxygen atoms in total. The van der Waals surface area contributed by atoms with Crippen LogP contribution in [0.2, 0.25) is 0 Å². The first kappa shape index (κ1) is 17.7. The zero-order valence-electron chi connectivity index (χ0n) is 15.8. The largest absolute Gasteiger partial charge is 0.353 e. The van der Waals surface area contributed by atoms with Crippen molar-refractivity contribution in [3.63, 3.8) is 0 Å². The van der Waals surface area contributed by atoms with Crippen LogP contribution >= 0.6 is 0 Å². The Bertz CT molecular complexity index is 875. The zero-order valence-corrected chi connectivity index (χ0v) is 15.8. The van der Waals surface area contributed by atoms with E-state index in [9.17, 15) is 9.59 Å². The van der Waals surface area contributed by atoms with Crippen molar-refractivity contribution in [2.75, 3.05) is 32.7 Å². The molecule has 2 aromatic rings. The first-order valence-electron chi connectivity index (χ1n) is 9.42. The molecule has 1 N–H and O–H groups in total. The van der Waals surface area contributed by atoms with Crippen LogP contribution < -0.4 is 5.32 Å². The van der Waals surface area contributed by atoms with Crippen molar-refractivity contribution < 1.29 is 9.59 Å².